The molecule has 0 aromatic rings. The Labute approximate surface area is 142 Å². The van der Waals surface area contributed by atoms with Gasteiger partial charge in [-0.15, -0.1) is 4.91 Å². The van der Waals surface area contributed by atoms with E-state index >= 15 is 0 Å². The van der Waals surface area contributed by atoms with E-state index in [-0.39, 0.29) is 6.10 Å². The number of carboxylic acids is 1. The lowest BCUT2D eigenvalue weighted by Crippen LogP contribution is -2.02. The third-order valence-electron chi connectivity index (χ3n) is 3.68. The molecular weight excluding hydrogens is 294 g/mol. The van der Waals surface area contributed by atoms with Gasteiger partial charge in [-0.25, -0.2) is 0 Å². The van der Waals surface area contributed by atoms with Crippen molar-refractivity contribution < 1.29 is 14.7 Å². The fourth-order valence-electron chi connectivity index (χ4n) is 2.22. The van der Waals surface area contributed by atoms with E-state index in [1.165, 1.54) is 51.4 Å². The zero-order valence-corrected chi connectivity index (χ0v) is 15.4. The van der Waals surface area contributed by atoms with Crippen LogP contribution in [0.2, 0.25) is 0 Å². The molecule has 0 heterocycles. The first-order valence-corrected chi connectivity index (χ1v) is 9.28. The molecule has 0 radical (unpaired) electrons. The fraction of sp³-hybridized carbons (Fsp3) is 0.944. The maximum absolute atomic E-state index is 10.1. The lowest BCUT2D eigenvalue weighted by atomic mass is 10.1. The van der Waals surface area contributed by atoms with Crippen LogP contribution in [0.25, 0.3) is 0 Å². The first kappa shape index (κ1) is 24.1. The first-order valence-electron chi connectivity index (χ1n) is 9.28. The van der Waals surface area contributed by atoms with Gasteiger partial charge in [0.1, 0.15) is 6.10 Å². The Morgan fingerprint density at radius 3 is 1.87 bits per heavy atom. The molecule has 1 N–H and O–H groups in total. The van der Waals surface area contributed by atoms with Gasteiger partial charge in [-0.3, -0.25) is 4.79 Å². The smallest absolute Gasteiger partial charge is 0.303 e. The van der Waals surface area contributed by atoms with E-state index in [2.05, 4.69) is 24.0 Å². The van der Waals surface area contributed by atoms with Gasteiger partial charge < -0.3 is 9.94 Å². The summed E-state index contributed by atoms with van der Waals surface area (Å²) >= 11 is 0. The van der Waals surface area contributed by atoms with Crippen LogP contribution in [0.4, 0.5) is 0 Å². The highest BCUT2D eigenvalue weighted by molar-refractivity contribution is 5.66. The van der Waals surface area contributed by atoms with E-state index < -0.39 is 5.97 Å². The SMILES string of the molecule is CCCCCCC(C)ON=O.CCCCCCCCCC(=O)O. The van der Waals surface area contributed by atoms with Crippen LogP contribution in [-0.4, -0.2) is 17.2 Å². The van der Waals surface area contributed by atoms with E-state index in [0.29, 0.717) is 6.42 Å². The second-order valence-electron chi connectivity index (χ2n) is 6.10. The van der Waals surface area contributed by atoms with Crippen LogP contribution in [0.1, 0.15) is 104 Å². The summed E-state index contributed by atoms with van der Waals surface area (Å²) in [5.41, 5.74) is 0. The summed E-state index contributed by atoms with van der Waals surface area (Å²) < 4.78 is 0. The van der Waals surface area contributed by atoms with E-state index in [4.69, 9.17) is 5.11 Å². The molecule has 138 valence electrons. The number of hydrogen-bond donors (Lipinski definition) is 1. The molecule has 0 aliphatic carbocycles. The van der Waals surface area contributed by atoms with Gasteiger partial charge in [0.2, 0.25) is 0 Å². The molecule has 0 aromatic carbocycles. The molecule has 0 saturated heterocycles. The van der Waals surface area contributed by atoms with Gasteiger partial charge >= 0.3 is 5.97 Å². The Morgan fingerprint density at radius 1 is 0.913 bits per heavy atom. The van der Waals surface area contributed by atoms with Crippen LogP contribution in [0.5, 0.6) is 0 Å². The van der Waals surface area contributed by atoms with Gasteiger partial charge in [0.25, 0.3) is 0 Å². The molecule has 0 aliphatic rings. The number of carboxylic acid groups (broad SMARTS) is 1. The fourth-order valence-corrected chi connectivity index (χ4v) is 2.22. The number of hydrogen-bond acceptors (Lipinski definition) is 4. The Bertz CT molecular complexity index is 259. The summed E-state index contributed by atoms with van der Waals surface area (Å²) in [5.74, 6) is -0.663. The molecule has 0 rings (SSSR count). The van der Waals surface area contributed by atoms with E-state index in [9.17, 15) is 9.70 Å². The summed E-state index contributed by atoms with van der Waals surface area (Å²) in [7, 11) is 0. The van der Waals surface area contributed by atoms with Crippen molar-refractivity contribution in [3.63, 3.8) is 0 Å². The highest BCUT2D eigenvalue weighted by atomic mass is 16.7. The molecule has 0 fully saturated rings. The third kappa shape index (κ3) is 26.1. The average molecular weight is 331 g/mol. The van der Waals surface area contributed by atoms with Gasteiger partial charge in [-0.1, -0.05) is 71.6 Å². The Kier molecular flexibility index (Phi) is 21.9. The van der Waals surface area contributed by atoms with E-state index in [1.54, 1.807) is 0 Å². The third-order valence-corrected chi connectivity index (χ3v) is 3.68. The summed E-state index contributed by atoms with van der Waals surface area (Å²) in [4.78, 5) is 24.3. The predicted molar refractivity (Wildman–Crippen MR) is 95.3 cm³/mol. The quantitative estimate of drug-likeness (QED) is 0.218. The van der Waals surface area contributed by atoms with Gasteiger partial charge in [0.15, 0.2) is 5.34 Å². The number of nitrogens with zero attached hydrogens (tertiary/aromatic N) is 1. The molecule has 5 heteroatoms. The summed E-state index contributed by atoms with van der Waals surface area (Å²) in [6.45, 7) is 6.24. The lowest BCUT2D eigenvalue weighted by molar-refractivity contribution is -0.137. The second-order valence-corrected chi connectivity index (χ2v) is 6.10. The topological polar surface area (TPSA) is 76.0 Å². The van der Waals surface area contributed by atoms with Crippen LogP contribution in [0.3, 0.4) is 0 Å². The van der Waals surface area contributed by atoms with Crippen molar-refractivity contribution in [2.24, 2.45) is 5.34 Å². The van der Waals surface area contributed by atoms with E-state index in [1.807, 2.05) is 6.92 Å². The highest BCUT2D eigenvalue weighted by Crippen LogP contribution is 2.08. The molecule has 0 aromatic heterocycles. The Morgan fingerprint density at radius 2 is 1.39 bits per heavy atom. The molecule has 1 atom stereocenters. The summed E-state index contributed by atoms with van der Waals surface area (Å²) in [6.07, 6.45) is 14.4. The van der Waals surface area contributed by atoms with E-state index in [0.717, 1.165) is 25.7 Å². The van der Waals surface area contributed by atoms with Gasteiger partial charge in [-0.2, -0.15) is 0 Å². The standard InChI is InChI=1S/C10H20O2.C8H17NO2/c1-2-3-4-5-6-7-8-9-10(11)12;1-3-4-5-6-7-8(2)11-9-10/h2-9H2,1H3,(H,11,12);8H,3-7H2,1-2H3. The zero-order chi connectivity index (χ0) is 17.8. The summed E-state index contributed by atoms with van der Waals surface area (Å²) in [5, 5.41) is 10.7. The van der Waals surface area contributed by atoms with Crippen molar-refractivity contribution in [1.29, 1.82) is 0 Å². The summed E-state index contributed by atoms with van der Waals surface area (Å²) in [6, 6.07) is 0. The predicted octanol–water partition coefficient (Wildman–Crippen LogP) is 6.26. The molecule has 0 amide bonds. The maximum atomic E-state index is 10.1. The minimum atomic E-state index is -0.663. The van der Waals surface area contributed by atoms with Crippen molar-refractivity contribution >= 4 is 5.97 Å². The number of unbranched alkanes of at least 4 members (excludes halogenated alkanes) is 9. The van der Waals surface area contributed by atoms with Crippen LogP contribution in [-0.2, 0) is 9.63 Å². The van der Waals surface area contributed by atoms with Crippen molar-refractivity contribution in [3.05, 3.63) is 4.91 Å². The molecular formula is C18H37NO4. The van der Waals surface area contributed by atoms with Crippen LogP contribution in [0.15, 0.2) is 5.34 Å². The molecule has 5 nitrogen and oxygen atoms in total. The highest BCUT2D eigenvalue weighted by Gasteiger charge is 2.01. The van der Waals surface area contributed by atoms with Crippen LogP contribution >= 0.6 is 0 Å². The minimum absolute atomic E-state index is 0.00986. The van der Waals surface area contributed by atoms with Crippen LogP contribution < -0.4 is 0 Å². The number of carbonyl (C=O) groups is 1. The molecule has 0 saturated carbocycles. The van der Waals surface area contributed by atoms with Crippen molar-refractivity contribution in [2.75, 3.05) is 0 Å². The largest absolute Gasteiger partial charge is 0.481 e. The molecule has 1 unspecified atom stereocenters. The van der Waals surface area contributed by atoms with Gasteiger partial charge in [-0.05, 0) is 26.2 Å². The maximum Gasteiger partial charge on any atom is 0.303 e. The molecule has 0 spiro atoms. The van der Waals surface area contributed by atoms with Gasteiger partial charge in [0, 0.05) is 6.42 Å². The van der Waals surface area contributed by atoms with Crippen molar-refractivity contribution in [2.45, 2.75) is 110 Å². The number of rotatable bonds is 15. The lowest BCUT2D eigenvalue weighted by Gasteiger charge is -2.05. The average Bonchev–Trinajstić information content (AvgIpc) is 2.51. The monoisotopic (exact) mass is 331 g/mol. The number of aliphatic carboxylic acids is 1. The van der Waals surface area contributed by atoms with Crippen molar-refractivity contribution in [3.8, 4) is 0 Å². The minimum Gasteiger partial charge on any atom is -0.481 e. The van der Waals surface area contributed by atoms with Crippen molar-refractivity contribution in [1.82, 2.24) is 0 Å². The molecule has 0 bridgehead atoms. The normalized spacial score (nSPS) is 11.3. The Hall–Kier alpha value is -1.13. The van der Waals surface area contributed by atoms with Crippen LogP contribution in [0, 0.1) is 4.91 Å². The zero-order valence-electron chi connectivity index (χ0n) is 15.4. The molecule has 0 aliphatic heterocycles. The molecule has 23 heavy (non-hydrogen) atoms. The Balaban J connectivity index is 0. The second kappa shape index (κ2) is 20.9. The first-order chi connectivity index (χ1) is 11.1. The van der Waals surface area contributed by atoms with Gasteiger partial charge in [0.05, 0.1) is 0 Å².